The Morgan fingerprint density at radius 1 is 1.06 bits per heavy atom. The Bertz CT molecular complexity index is 971. The zero-order valence-electron chi connectivity index (χ0n) is 19.2. The maximum atomic E-state index is 13.1. The molecule has 4 bridgehead atoms. The molecule has 1 atom stereocenters. The van der Waals surface area contributed by atoms with Crippen LogP contribution in [0.3, 0.4) is 0 Å². The molecule has 0 radical (unpaired) electrons. The molecule has 32 heavy (non-hydrogen) atoms. The van der Waals surface area contributed by atoms with Gasteiger partial charge in [0.25, 0.3) is 5.91 Å². The van der Waals surface area contributed by atoms with Crippen molar-refractivity contribution in [3.63, 3.8) is 0 Å². The third-order valence-electron chi connectivity index (χ3n) is 8.87. The first-order chi connectivity index (χ1) is 15.6. The number of furan rings is 1. The van der Waals surface area contributed by atoms with Gasteiger partial charge in [-0.05, 0) is 123 Å². The average molecular weight is 434 g/mol. The fourth-order valence-corrected chi connectivity index (χ4v) is 7.89. The molecule has 4 nitrogen and oxygen atoms in total. The summed E-state index contributed by atoms with van der Waals surface area (Å²) >= 11 is 0. The minimum Gasteiger partial charge on any atom is -0.486 e. The zero-order valence-corrected chi connectivity index (χ0v) is 19.2. The third-order valence-corrected chi connectivity index (χ3v) is 8.87. The smallest absolute Gasteiger partial charge is 0.287 e. The number of amides is 1. The number of aryl methyl sites for hydroxylation is 2. The fraction of sp³-hybridized carbons (Fsp3) is 0.607. The molecule has 7 rings (SSSR count). The van der Waals surface area contributed by atoms with Gasteiger partial charge < -0.3 is 14.5 Å². The number of ether oxygens (including phenoxy) is 1. The van der Waals surface area contributed by atoms with Crippen LogP contribution in [0.5, 0.6) is 5.75 Å². The Kier molecular flexibility index (Phi) is 5.07. The molecule has 2 aromatic rings. The van der Waals surface area contributed by atoms with Crippen LogP contribution in [-0.2, 0) is 19.4 Å². The van der Waals surface area contributed by atoms with E-state index >= 15 is 0 Å². The molecule has 1 aromatic carbocycles. The molecular weight excluding hydrogens is 398 g/mol. The lowest BCUT2D eigenvalue weighted by Crippen LogP contribution is -2.56. The summed E-state index contributed by atoms with van der Waals surface area (Å²) in [6.07, 6.45) is 12.7. The van der Waals surface area contributed by atoms with E-state index in [0.29, 0.717) is 23.5 Å². The summed E-state index contributed by atoms with van der Waals surface area (Å²) in [4.78, 5) is 13.1. The first kappa shape index (κ1) is 20.4. The van der Waals surface area contributed by atoms with Crippen molar-refractivity contribution in [1.29, 1.82) is 0 Å². The lowest BCUT2D eigenvalue weighted by atomic mass is 9.47. The van der Waals surface area contributed by atoms with E-state index in [0.717, 1.165) is 36.3 Å². The number of nitrogens with one attached hydrogen (secondary N) is 1. The Balaban J connectivity index is 1.09. The number of carbonyl (C=O) groups is 1. The van der Waals surface area contributed by atoms with Gasteiger partial charge in [-0.25, -0.2) is 0 Å². The van der Waals surface area contributed by atoms with Gasteiger partial charge in [0.05, 0.1) is 0 Å². The Morgan fingerprint density at radius 3 is 2.50 bits per heavy atom. The molecule has 0 spiro atoms. The van der Waals surface area contributed by atoms with Crippen LogP contribution in [0.1, 0.15) is 85.7 Å². The van der Waals surface area contributed by atoms with Gasteiger partial charge in [0, 0.05) is 6.04 Å². The van der Waals surface area contributed by atoms with Crippen molar-refractivity contribution in [3.8, 4) is 5.75 Å². The predicted molar refractivity (Wildman–Crippen MR) is 124 cm³/mol. The molecule has 1 aromatic heterocycles. The molecule has 4 heteroatoms. The van der Waals surface area contributed by atoms with Gasteiger partial charge in [0.15, 0.2) is 5.76 Å². The number of hydrogen-bond donors (Lipinski definition) is 1. The van der Waals surface area contributed by atoms with Crippen LogP contribution >= 0.6 is 0 Å². The molecule has 1 unspecified atom stereocenters. The summed E-state index contributed by atoms with van der Waals surface area (Å²) in [5, 5.41) is 3.38. The predicted octanol–water partition coefficient (Wildman–Crippen LogP) is 6.07. The lowest BCUT2D eigenvalue weighted by molar-refractivity contribution is -0.0728. The number of hydrogen-bond acceptors (Lipinski definition) is 3. The van der Waals surface area contributed by atoms with Gasteiger partial charge in [0.1, 0.15) is 18.1 Å². The van der Waals surface area contributed by atoms with E-state index < -0.39 is 0 Å². The van der Waals surface area contributed by atoms with Crippen LogP contribution in [0.2, 0.25) is 0 Å². The molecule has 1 heterocycles. The van der Waals surface area contributed by atoms with Crippen molar-refractivity contribution < 1.29 is 13.9 Å². The summed E-state index contributed by atoms with van der Waals surface area (Å²) < 4.78 is 11.8. The maximum absolute atomic E-state index is 13.1. The van der Waals surface area contributed by atoms with Crippen LogP contribution in [0.4, 0.5) is 0 Å². The molecule has 4 saturated carbocycles. The van der Waals surface area contributed by atoms with Crippen LogP contribution in [-0.4, -0.2) is 11.9 Å². The van der Waals surface area contributed by atoms with Crippen LogP contribution in [0, 0.1) is 23.2 Å². The number of rotatable bonds is 7. The largest absolute Gasteiger partial charge is 0.486 e. The maximum Gasteiger partial charge on any atom is 0.287 e. The van der Waals surface area contributed by atoms with Crippen LogP contribution < -0.4 is 10.1 Å². The minimum atomic E-state index is -0.0728. The van der Waals surface area contributed by atoms with E-state index in [-0.39, 0.29) is 11.9 Å². The number of carbonyl (C=O) groups excluding carboxylic acids is 1. The van der Waals surface area contributed by atoms with Crippen molar-refractivity contribution in [2.45, 2.75) is 83.8 Å². The van der Waals surface area contributed by atoms with Crippen molar-refractivity contribution in [2.75, 3.05) is 0 Å². The van der Waals surface area contributed by atoms with Crippen molar-refractivity contribution in [1.82, 2.24) is 5.32 Å². The van der Waals surface area contributed by atoms with Crippen LogP contribution in [0.15, 0.2) is 34.7 Å². The highest BCUT2D eigenvalue weighted by molar-refractivity contribution is 5.91. The fourth-order valence-electron chi connectivity index (χ4n) is 7.89. The standard InChI is InChI=1S/C28H35NO3/c1-2-26(28-14-18-10-19(15-28)12-20(11-18)16-28)29-27(30)25-9-8-24(32-25)17-31-23-7-6-21-4-3-5-22(21)13-23/h6-9,13,18-20,26H,2-5,10-12,14-17H2,1H3,(H,29,30). The lowest BCUT2D eigenvalue weighted by Gasteiger charge is -2.59. The quantitative estimate of drug-likeness (QED) is 0.576. The van der Waals surface area contributed by atoms with E-state index in [1.165, 1.54) is 62.5 Å². The van der Waals surface area contributed by atoms with E-state index in [2.05, 4.69) is 24.4 Å². The normalized spacial score (nSPS) is 30.8. The molecule has 170 valence electrons. The second-order valence-electron chi connectivity index (χ2n) is 11.1. The van der Waals surface area contributed by atoms with Gasteiger partial charge in [0.2, 0.25) is 0 Å². The number of fused-ring (bicyclic) bond motifs is 1. The van der Waals surface area contributed by atoms with E-state index in [1.54, 1.807) is 6.07 Å². The minimum absolute atomic E-state index is 0.0728. The Labute approximate surface area is 191 Å². The molecular formula is C28H35NO3. The first-order valence-electron chi connectivity index (χ1n) is 12.7. The summed E-state index contributed by atoms with van der Waals surface area (Å²) in [6.45, 7) is 2.57. The highest BCUT2D eigenvalue weighted by Gasteiger charge is 2.54. The Hall–Kier alpha value is -2.23. The summed E-state index contributed by atoms with van der Waals surface area (Å²) in [5.41, 5.74) is 3.15. The van der Waals surface area contributed by atoms with Gasteiger partial charge in [-0.15, -0.1) is 0 Å². The van der Waals surface area contributed by atoms with Crippen LogP contribution in [0.25, 0.3) is 0 Å². The average Bonchev–Trinajstić information content (AvgIpc) is 3.44. The van der Waals surface area contributed by atoms with Gasteiger partial charge in [-0.1, -0.05) is 13.0 Å². The second kappa shape index (κ2) is 7.97. The molecule has 0 aliphatic heterocycles. The molecule has 0 saturated heterocycles. The first-order valence-corrected chi connectivity index (χ1v) is 12.7. The highest BCUT2D eigenvalue weighted by Crippen LogP contribution is 2.61. The monoisotopic (exact) mass is 433 g/mol. The number of benzene rings is 1. The van der Waals surface area contributed by atoms with Gasteiger partial charge >= 0.3 is 0 Å². The third kappa shape index (κ3) is 3.66. The van der Waals surface area contributed by atoms with Gasteiger partial charge in [-0.3, -0.25) is 4.79 Å². The summed E-state index contributed by atoms with van der Waals surface area (Å²) in [5.74, 6) is 4.56. The Morgan fingerprint density at radius 2 is 1.78 bits per heavy atom. The second-order valence-corrected chi connectivity index (χ2v) is 11.1. The molecule has 5 aliphatic rings. The van der Waals surface area contributed by atoms with E-state index in [9.17, 15) is 4.79 Å². The van der Waals surface area contributed by atoms with Crippen molar-refractivity contribution in [2.24, 2.45) is 23.2 Å². The molecule has 4 fully saturated rings. The van der Waals surface area contributed by atoms with Gasteiger partial charge in [-0.2, -0.15) is 0 Å². The summed E-state index contributed by atoms with van der Waals surface area (Å²) in [6, 6.07) is 10.3. The molecule has 5 aliphatic carbocycles. The SMILES string of the molecule is CCC(NC(=O)c1ccc(COc2ccc3c(c2)CCC3)o1)C12CC3CC(CC(C3)C1)C2. The highest BCUT2D eigenvalue weighted by atomic mass is 16.5. The zero-order chi connectivity index (χ0) is 21.7. The summed E-state index contributed by atoms with van der Waals surface area (Å²) in [7, 11) is 0. The topological polar surface area (TPSA) is 51.5 Å². The van der Waals surface area contributed by atoms with E-state index in [1.807, 2.05) is 12.1 Å². The van der Waals surface area contributed by atoms with Crippen molar-refractivity contribution in [3.05, 3.63) is 53.0 Å². The molecule has 1 N–H and O–H groups in total. The van der Waals surface area contributed by atoms with Crippen molar-refractivity contribution >= 4 is 5.91 Å². The van der Waals surface area contributed by atoms with E-state index in [4.69, 9.17) is 9.15 Å². The molecule has 1 amide bonds.